The molecule has 100 valence electrons. The third-order valence-electron chi connectivity index (χ3n) is 2.58. The number of rotatable bonds is 3. The molecule has 1 heterocycles. The molecular formula is C13H10BrF3N2. The summed E-state index contributed by atoms with van der Waals surface area (Å²) < 4.78 is 39.6. The van der Waals surface area contributed by atoms with E-state index in [1.807, 2.05) is 0 Å². The normalized spacial score (nSPS) is 12.3. The summed E-state index contributed by atoms with van der Waals surface area (Å²) in [7, 11) is 0. The summed E-state index contributed by atoms with van der Waals surface area (Å²) in [6.45, 7) is 1.75. The minimum Gasteiger partial charge on any atom is -0.375 e. The fourth-order valence-electron chi connectivity index (χ4n) is 1.58. The van der Waals surface area contributed by atoms with Gasteiger partial charge in [0.05, 0.1) is 28.1 Å². The molecule has 6 heteroatoms. The Bertz CT molecular complexity index is 587. The van der Waals surface area contributed by atoms with Crippen molar-refractivity contribution < 1.29 is 13.2 Å². The van der Waals surface area contributed by atoms with Gasteiger partial charge in [-0.15, -0.1) is 0 Å². The largest absolute Gasteiger partial charge is 0.375 e. The third kappa shape index (κ3) is 3.26. The van der Waals surface area contributed by atoms with Gasteiger partial charge in [0.2, 0.25) is 0 Å². The summed E-state index contributed by atoms with van der Waals surface area (Å²) in [5.74, 6) is -1.81. The number of benzene rings is 1. The van der Waals surface area contributed by atoms with Crippen molar-refractivity contribution >= 4 is 21.6 Å². The van der Waals surface area contributed by atoms with Crippen molar-refractivity contribution in [3.63, 3.8) is 0 Å². The van der Waals surface area contributed by atoms with Crippen molar-refractivity contribution in [2.45, 2.75) is 13.0 Å². The molecule has 0 saturated heterocycles. The molecule has 1 aromatic carbocycles. The van der Waals surface area contributed by atoms with Crippen LogP contribution in [0.5, 0.6) is 0 Å². The summed E-state index contributed by atoms with van der Waals surface area (Å²) >= 11 is 2.99. The molecule has 2 nitrogen and oxygen atoms in total. The topological polar surface area (TPSA) is 24.9 Å². The van der Waals surface area contributed by atoms with Crippen LogP contribution in [-0.2, 0) is 0 Å². The van der Waals surface area contributed by atoms with Gasteiger partial charge in [0, 0.05) is 6.07 Å². The van der Waals surface area contributed by atoms with E-state index < -0.39 is 17.5 Å². The Hall–Kier alpha value is -1.56. The Morgan fingerprint density at radius 3 is 2.53 bits per heavy atom. The second-order valence-electron chi connectivity index (χ2n) is 4.01. The first-order valence-electron chi connectivity index (χ1n) is 5.50. The van der Waals surface area contributed by atoms with Crippen LogP contribution in [0.2, 0.25) is 0 Å². The molecular weight excluding hydrogens is 321 g/mol. The number of aromatic nitrogens is 1. The van der Waals surface area contributed by atoms with Gasteiger partial charge in [0.15, 0.2) is 0 Å². The monoisotopic (exact) mass is 330 g/mol. The molecule has 2 rings (SSSR count). The molecule has 1 unspecified atom stereocenters. The molecule has 0 saturated carbocycles. The van der Waals surface area contributed by atoms with Crippen molar-refractivity contribution in [2.75, 3.05) is 5.32 Å². The van der Waals surface area contributed by atoms with Gasteiger partial charge in [-0.25, -0.2) is 13.2 Å². The molecule has 1 N–H and O–H groups in total. The molecule has 0 aliphatic heterocycles. The molecule has 0 bridgehead atoms. The van der Waals surface area contributed by atoms with Crippen LogP contribution in [0.3, 0.4) is 0 Å². The van der Waals surface area contributed by atoms with Gasteiger partial charge in [-0.3, -0.25) is 4.98 Å². The first kappa shape index (κ1) is 13.9. The lowest BCUT2D eigenvalue weighted by Crippen LogP contribution is -2.10. The molecule has 0 radical (unpaired) electrons. The average molecular weight is 331 g/mol. The number of anilines is 1. The van der Waals surface area contributed by atoms with Gasteiger partial charge in [-0.2, -0.15) is 0 Å². The summed E-state index contributed by atoms with van der Waals surface area (Å²) in [4.78, 5) is 3.90. The van der Waals surface area contributed by atoms with Crippen molar-refractivity contribution in [2.24, 2.45) is 0 Å². The summed E-state index contributed by atoms with van der Waals surface area (Å²) in [6.07, 6.45) is 1.09. The van der Waals surface area contributed by atoms with E-state index in [2.05, 4.69) is 26.2 Å². The minimum atomic E-state index is -0.699. The molecule has 0 amide bonds. The summed E-state index contributed by atoms with van der Waals surface area (Å²) in [5, 5.41) is 2.86. The summed E-state index contributed by atoms with van der Waals surface area (Å²) in [6, 6.07) is 4.54. The quantitative estimate of drug-likeness (QED) is 0.842. The van der Waals surface area contributed by atoms with Crippen LogP contribution in [0.15, 0.2) is 34.9 Å². The Morgan fingerprint density at radius 1 is 1.16 bits per heavy atom. The van der Waals surface area contributed by atoms with Crippen LogP contribution in [0.4, 0.5) is 18.9 Å². The van der Waals surface area contributed by atoms with Crippen LogP contribution in [0.1, 0.15) is 18.7 Å². The van der Waals surface area contributed by atoms with Gasteiger partial charge >= 0.3 is 0 Å². The highest BCUT2D eigenvalue weighted by Crippen LogP contribution is 2.26. The van der Waals surface area contributed by atoms with Crippen LogP contribution in [0, 0.1) is 17.5 Å². The maximum Gasteiger partial charge on any atom is 0.149 e. The maximum absolute atomic E-state index is 13.6. The average Bonchev–Trinajstić information content (AvgIpc) is 2.36. The van der Waals surface area contributed by atoms with E-state index in [0.717, 1.165) is 12.3 Å². The Labute approximate surface area is 116 Å². The van der Waals surface area contributed by atoms with Crippen molar-refractivity contribution in [1.29, 1.82) is 0 Å². The highest BCUT2D eigenvalue weighted by molar-refractivity contribution is 9.10. The first-order chi connectivity index (χ1) is 8.97. The SMILES string of the molecule is CC(Nc1cc(Br)c(F)cc1F)c1ccc(F)cn1. The van der Waals surface area contributed by atoms with E-state index in [0.29, 0.717) is 5.69 Å². The number of halogens is 4. The van der Waals surface area contributed by atoms with Gasteiger partial charge in [-0.05, 0) is 41.1 Å². The van der Waals surface area contributed by atoms with E-state index >= 15 is 0 Å². The fraction of sp³-hybridized carbons (Fsp3) is 0.154. The van der Waals surface area contributed by atoms with Crippen molar-refractivity contribution in [3.05, 3.63) is 58.1 Å². The van der Waals surface area contributed by atoms with Gasteiger partial charge in [-0.1, -0.05) is 0 Å². The molecule has 0 aliphatic rings. The first-order valence-corrected chi connectivity index (χ1v) is 6.29. The van der Waals surface area contributed by atoms with E-state index in [9.17, 15) is 13.2 Å². The maximum atomic E-state index is 13.6. The second kappa shape index (κ2) is 5.61. The van der Waals surface area contributed by atoms with Crippen LogP contribution >= 0.6 is 15.9 Å². The van der Waals surface area contributed by atoms with Crippen molar-refractivity contribution in [3.8, 4) is 0 Å². The van der Waals surface area contributed by atoms with E-state index in [1.54, 1.807) is 6.92 Å². The standard InChI is InChI=1S/C13H10BrF3N2/c1-7(12-3-2-8(15)6-18-12)19-13-4-9(14)10(16)5-11(13)17/h2-7,19H,1H3. The summed E-state index contributed by atoms with van der Waals surface area (Å²) in [5.41, 5.74) is 0.702. The Balaban J connectivity index is 2.21. The molecule has 1 aromatic heterocycles. The van der Waals surface area contributed by atoms with E-state index in [-0.39, 0.29) is 16.2 Å². The predicted octanol–water partition coefficient (Wildman–Crippen LogP) is 4.43. The molecule has 0 spiro atoms. The number of hydrogen-bond acceptors (Lipinski definition) is 2. The molecule has 0 fully saturated rings. The lowest BCUT2D eigenvalue weighted by atomic mass is 10.2. The lowest BCUT2D eigenvalue weighted by Gasteiger charge is -2.15. The van der Waals surface area contributed by atoms with Gasteiger partial charge in [0.1, 0.15) is 17.5 Å². The Morgan fingerprint density at radius 2 is 1.89 bits per heavy atom. The van der Waals surface area contributed by atoms with E-state index in [4.69, 9.17) is 0 Å². The number of nitrogens with one attached hydrogen (secondary N) is 1. The predicted molar refractivity (Wildman–Crippen MR) is 70.3 cm³/mol. The van der Waals surface area contributed by atoms with Crippen LogP contribution in [-0.4, -0.2) is 4.98 Å². The molecule has 0 aliphatic carbocycles. The Kier molecular flexibility index (Phi) is 4.09. The highest BCUT2D eigenvalue weighted by Gasteiger charge is 2.12. The zero-order chi connectivity index (χ0) is 14.0. The zero-order valence-corrected chi connectivity index (χ0v) is 11.5. The minimum absolute atomic E-state index is 0.145. The van der Waals surface area contributed by atoms with E-state index in [1.165, 1.54) is 18.2 Å². The fourth-order valence-corrected chi connectivity index (χ4v) is 1.93. The number of pyridine rings is 1. The molecule has 1 atom stereocenters. The molecule has 2 aromatic rings. The number of hydrogen-bond donors (Lipinski definition) is 1. The zero-order valence-electron chi connectivity index (χ0n) is 9.92. The lowest BCUT2D eigenvalue weighted by molar-refractivity contribution is 0.579. The van der Waals surface area contributed by atoms with Gasteiger partial charge < -0.3 is 5.32 Å². The molecule has 19 heavy (non-hydrogen) atoms. The van der Waals surface area contributed by atoms with Crippen LogP contribution < -0.4 is 5.32 Å². The highest BCUT2D eigenvalue weighted by atomic mass is 79.9. The van der Waals surface area contributed by atoms with Crippen LogP contribution in [0.25, 0.3) is 0 Å². The third-order valence-corrected chi connectivity index (χ3v) is 3.18. The van der Waals surface area contributed by atoms with Gasteiger partial charge in [0.25, 0.3) is 0 Å². The number of nitrogens with zero attached hydrogens (tertiary/aromatic N) is 1. The van der Waals surface area contributed by atoms with Crippen molar-refractivity contribution in [1.82, 2.24) is 4.98 Å². The second-order valence-corrected chi connectivity index (χ2v) is 4.87. The smallest absolute Gasteiger partial charge is 0.149 e.